The zero-order valence-electron chi connectivity index (χ0n) is 16.1. The van der Waals surface area contributed by atoms with E-state index in [2.05, 4.69) is 27.4 Å². The van der Waals surface area contributed by atoms with Gasteiger partial charge in [-0.15, -0.1) is 11.3 Å². The first kappa shape index (κ1) is 19.0. The molecule has 0 unspecified atom stereocenters. The van der Waals surface area contributed by atoms with Crippen molar-refractivity contribution in [3.05, 3.63) is 58.2 Å². The average molecular weight is 397 g/mol. The SMILES string of the molecule is CN(C)Cc1nc(C(=O)N[C@@H]2COC[C@H]2Cc2ccnc3ccccc23)cs1. The molecule has 6 nitrogen and oxygen atoms in total. The van der Waals surface area contributed by atoms with E-state index in [1.54, 1.807) is 0 Å². The zero-order chi connectivity index (χ0) is 19.5. The number of rotatable bonds is 6. The summed E-state index contributed by atoms with van der Waals surface area (Å²) in [5.74, 6) is 0.107. The van der Waals surface area contributed by atoms with Crippen molar-refractivity contribution in [2.24, 2.45) is 5.92 Å². The molecule has 0 bridgehead atoms. The standard InChI is InChI=1S/C21H24N4O2S/c1-25(2)10-20-23-19(13-28-20)21(26)24-18-12-27-11-15(18)9-14-7-8-22-17-6-4-3-5-16(14)17/h3-8,13,15,18H,9-12H2,1-2H3,(H,24,26)/t15-,18-/m1/s1. The van der Waals surface area contributed by atoms with Gasteiger partial charge in [-0.2, -0.15) is 0 Å². The third-order valence-corrected chi connectivity index (χ3v) is 5.81. The van der Waals surface area contributed by atoms with Crippen LogP contribution in [0.25, 0.3) is 10.9 Å². The molecule has 7 heteroatoms. The molecule has 0 aliphatic carbocycles. The van der Waals surface area contributed by atoms with Crippen LogP contribution >= 0.6 is 11.3 Å². The maximum Gasteiger partial charge on any atom is 0.271 e. The van der Waals surface area contributed by atoms with Crippen LogP contribution in [0.15, 0.2) is 41.9 Å². The number of para-hydroxylation sites is 1. The lowest BCUT2D eigenvalue weighted by molar-refractivity contribution is 0.0920. The average Bonchev–Trinajstić information content (AvgIpc) is 3.31. The Morgan fingerprint density at radius 3 is 3.00 bits per heavy atom. The fraction of sp³-hybridized carbons (Fsp3) is 0.381. The number of nitrogens with zero attached hydrogens (tertiary/aromatic N) is 3. The normalized spacial score (nSPS) is 19.4. The molecule has 1 saturated heterocycles. The van der Waals surface area contributed by atoms with Crippen LogP contribution < -0.4 is 5.32 Å². The van der Waals surface area contributed by atoms with Crippen molar-refractivity contribution in [3.63, 3.8) is 0 Å². The second-order valence-electron chi connectivity index (χ2n) is 7.43. The number of pyridine rings is 1. The largest absolute Gasteiger partial charge is 0.379 e. The summed E-state index contributed by atoms with van der Waals surface area (Å²) in [6, 6.07) is 10.2. The summed E-state index contributed by atoms with van der Waals surface area (Å²) in [5.41, 5.74) is 2.72. The molecule has 0 radical (unpaired) electrons. The van der Waals surface area contributed by atoms with Gasteiger partial charge in [0.25, 0.3) is 5.91 Å². The molecule has 3 heterocycles. The van der Waals surface area contributed by atoms with Crippen LogP contribution in [-0.2, 0) is 17.7 Å². The highest BCUT2D eigenvalue weighted by Gasteiger charge is 2.30. The number of carbonyl (C=O) groups excluding carboxylic acids is 1. The van der Waals surface area contributed by atoms with E-state index in [4.69, 9.17) is 4.74 Å². The van der Waals surface area contributed by atoms with Crippen molar-refractivity contribution in [2.75, 3.05) is 27.3 Å². The van der Waals surface area contributed by atoms with Gasteiger partial charge in [-0.05, 0) is 38.2 Å². The molecule has 1 N–H and O–H groups in total. The first-order chi connectivity index (χ1) is 13.6. The van der Waals surface area contributed by atoms with Gasteiger partial charge in [0, 0.05) is 29.4 Å². The molecule has 1 amide bonds. The number of carbonyl (C=O) groups is 1. The highest BCUT2D eigenvalue weighted by molar-refractivity contribution is 7.09. The van der Waals surface area contributed by atoms with Crippen molar-refractivity contribution < 1.29 is 9.53 Å². The van der Waals surface area contributed by atoms with Crippen LogP contribution in [0.5, 0.6) is 0 Å². The molecule has 0 saturated carbocycles. The minimum absolute atomic E-state index is 0.0153. The number of thiazole rings is 1. The Hall–Kier alpha value is -2.35. The molecule has 2 aromatic heterocycles. The van der Waals surface area contributed by atoms with Gasteiger partial charge in [-0.1, -0.05) is 18.2 Å². The van der Waals surface area contributed by atoms with Gasteiger partial charge in [0.05, 0.1) is 24.8 Å². The number of benzene rings is 1. The molecule has 28 heavy (non-hydrogen) atoms. The van der Waals surface area contributed by atoms with E-state index in [0.29, 0.717) is 18.9 Å². The van der Waals surface area contributed by atoms with E-state index >= 15 is 0 Å². The third kappa shape index (κ3) is 4.22. The molecule has 4 rings (SSSR count). The van der Waals surface area contributed by atoms with E-state index < -0.39 is 0 Å². The summed E-state index contributed by atoms with van der Waals surface area (Å²) in [6.45, 7) is 1.92. The lowest BCUT2D eigenvalue weighted by Crippen LogP contribution is -2.40. The topological polar surface area (TPSA) is 67.4 Å². The van der Waals surface area contributed by atoms with E-state index in [-0.39, 0.29) is 17.9 Å². The van der Waals surface area contributed by atoms with Crippen molar-refractivity contribution in [1.29, 1.82) is 0 Å². The summed E-state index contributed by atoms with van der Waals surface area (Å²) >= 11 is 1.52. The van der Waals surface area contributed by atoms with Crippen LogP contribution in [0.2, 0.25) is 0 Å². The fourth-order valence-electron chi connectivity index (χ4n) is 3.58. The van der Waals surface area contributed by atoms with Gasteiger partial charge < -0.3 is 15.0 Å². The van der Waals surface area contributed by atoms with Crippen LogP contribution in [0.3, 0.4) is 0 Å². The Kier molecular flexibility index (Phi) is 5.66. The summed E-state index contributed by atoms with van der Waals surface area (Å²) in [5, 5.41) is 7.06. The predicted octanol–water partition coefficient (Wildman–Crippen LogP) is 2.74. The van der Waals surface area contributed by atoms with Gasteiger partial charge in [0.1, 0.15) is 10.7 Å². The van der Waals surface area contributed by atoms with Gasteiger partial charge >= 0.3 is 0 Å². The lowest BCUT2D eigenvalue weighted by Gasteiger charge is -2.19. The van der Waals surface area contributed by atoms with Gasteiger partial charge in [0.2, 0.25) is 0 Å². The van der Waals surface area contributed by atoms with Crippen LogP contribution in [0.1, 0.15) is 21.1 Å². The number of hydrogen-bond acceptors (Lipinski definition) is 6. The van der Waals surface area contributed by atoms with Crippen LogP contribution in [0, 0.1) is 5.92 Å². The molecule has 1 aliphatic rings. The van der Waals surface area contributed by atoms with Crippen molar-refractivity contribution >= 4 is 28.1 Å². The van der Waals surface area contributed by atoms with Crippen LogP contribution in [-0.4, -0.2) is 54.1 Å². The maximum atomic E-state index is 12.7. The molecule has 146 valence electrons. The van der Waals surface area contributed by atoms with Crippen molar-refractivity contribution in [1.82, 2.24) is 20.2 Å². The molecular weight excluding hydrogens is 372 g/mol. The van der Waals surface area contributed by atoms with Crippen LogP contribution in [0.4, 0.5) is 0 Å². The molecular formula is C21H24N4O2S. The Balaban J connectivity index is 1.45. The Labute approximate surface area is 168 Å². The Morgan fingerprint density at radius 1 is 1.29 bits per heavy atom. The van der Waals surface area contributed by atoms with E-state index in [9.17, 15) is 4.79 Å². The second-order valence-corrected chi connectivity index (χ2v) is 8.38. The third-order valence-electron chi connectivity index (χ3n) is 4.97. The predicted molar refractivity (Wildman–Crippen MR) is 111 cm³/mol. The van der Waals surface area contributed by atoms with E-state index in [1.165, 1.54) is 16.9 Å². The zero-order valence-corrected chi connectivity index (χ0v) is 16.9. The molecule has 1 fully saturated rings. The van der Waals surface area contributed by atoms with Gasteiger partial charge in [0.15, 0.2) is 0 Å². The summed E-state index contributed by atoms with van der Waals surface area (Å²) in [6.07, 6.45) is 2.69. The number of ether oxygens (including phenoxy) is 1. The Bertz CT molecular complexity index is 966. The maximum absolute atomic E-state index is 12.7. The first-order valence-corrected chi connectivity index (χ1v) is 10.3. The second kappa shape index (κ2) is 8.34. The van der Waals surface area contributed by atoms with Gasteiger partial charge in [-0.25, -0.2) is 4.98 Å². The number of aromatic nitrogens is 2. The van der Waals surface area contributed by atoms with Crippen molar-refractivity contribution in [2.45, 2.75) is 19.0 Å². The minimum atomic E-state index is -0.124. The highest BCUT2D eigenvalue weighted by Crippen LogP contribution is 2.24. The summed E-state index contributed by atoms with van der Waals surface area (Å²) in [7, 11) is 3.98. The Morgan fingerprint density at radius 2 is 2.14 bits per heavy atom. The lowest BCUT2D eigenvalue weighted by atomic mass is 9.93. The molecule has 1 aliphatic heterocycles. The monoisotopic (exact) mass is 396 g/mol. The fourth-order valence-corrected chi connectivity index (χ4v) is 4.47. The van der Waals surface area contributed by atoms with E-state index in [1.807, 2.05) is 48.8 Å². The summed E-state index contributed by atoms with van der Waals surface area (Å²) in [4.78, 5) is 23.6. The highest BCUT2D eigenvalue weighted by atomic mass is 32.1. The quantitative estimate of drug-likeness (QED) is 0.694. The molecule has 3 aromatic rings. The number of fused-ring (bicyclic) bond motifs is 1. The molecule has 2 atom stereocenters. The minimum Gasteiger partial charge on any atom is -0.379 e. The number of nitrogens with one attached hydrogen (secondary N) is 1. The summed E-state index contributed by atoms with van der Waals surface area (Å²) < 4.78 is 5.69. The number of amides is 1. The number of hydrogen-bond donors (Lipinski definition) is 1. The smallest absolute Gasteiger partial charge is 0.271 e. The van der Waals surface area contributed by atoms with Crippen molar-refractivity contribution in [3.8, 4) is 0 Å². The van der Waals surface area contributed by atoms with E-state index in [0.717, 1.165) is 28.9 Å². The molecule has 1 aromatic carbocycles. The first-order valence-electron chi connectivity index (χ1n) is 9.40. The van der Waals surface area contributed by atoms with Gasteiger partial charge in [-0.3, -0.25) is 9.78 Å². The molecule has 0 spiro atoms.